The van der Waals surface area contributed by atoms with Crippen molar-refractivity contribution in [2.45, 2.75) is 91.1 Å². The van der Waals surface area contributed by atoms with Crippen molar-refractivity contribution in [1.82, 2.24) is 4.98 Å². The second-order valence-corrected chi connectivity index (χ2v) is 12.1. The molecule has 0 radical (unpaired) electrons. The van der Waals surface area contributed by atoms with Crippen LogP contribution in [0.5, 0.6) is 5.75 Å². The molecule has 0 saturated heterocycles. The highest BCUT2D eigenvalue weighted by Crippen LogP contribution is 2.67. The first-order valence-electron chi connectivity index (χ1n) is 13.5. The first kappa shape index (κ1) is 24.5. The van der Waals surface area contributed by atoms with Crippen molar-refractivity contribution in [3.05, 3.63) is 29.1 Å². The van der Waals surface area contributed by atoms with Crippen molar-refractivity contribution >= 4 is 17.3 Å². The Morgan fingerprint density at radius 2 is 1.89 bits per heavy atom. The second-order valence-electron chi connectivity index (χ2n) is 12.1. The summed E-state index contributed by atoms with van der Waals surface area (Å²) in [6.45, 7) is 8.28. The van der Waals surface area contributed by atoms with Gasteiger partial charge in [-0.3, -0.25) is 14.6 Å². The molecule has 6 nitrogen and oxygen atoms in total. The molecule has 0 aromatic carbocycles. The van der Waals surface area contributed by atoms with Gasteiger partial charge in [0.1, 0.15) is 5.60 Å². The number of fused-ring (bicyclic) bond motifs is 5. The second kappa shape index (κ2) is 8.43. The Hall–Kier alpha value is -2.21. The predicted molar refractivity (Wildman–Crippen MR) is 135 cm³/mol. The van der Waals surface area contributed by atoms with Gasteiger partial charge in [0.25, 0.3) is 0 Å². The van der Waals surface area contributed by atoms with Gasteiger partial charge in [0.05, 0.1) is 17.9 Å². The third kappa shape index (κ3) is 3.58. The van der Waals surface area contributed by atoms with Crippen LogP contribution in [-0.2, 0) is 16.0 Å². The van der Waals surface area contributed by atoms with Crippen LogP contribution in [0.25, 0.3) is 0 Å². The van der Waals surface area contributed by atoms with E-state index < -0.39 is 11.0 Å². The fraction of sp³-hybridized carbons (Fsp3) is 0.690. The minimum Gasteiger partial charge on any atom is -0.504 e. The topological polar surface area (TPSA) is 99.5 Å². The average molecular weight is 481 g/mol. The van der Waals surface area contributed by atoms with Gasteiger partial charge in [-0.05, 0) is 93.6 Å². The summed E-state index contributed by atoms with van der Waals surface area (Å²) in [5, 5.41) is 25.6. The van der Waals surface area contributed by atoms with E-state index in [1.807, 2.05) is 19.9 Å². The van der Waals surface area contributed by atoms with Gasteiger partial charge in [0.2, 0.25) is 0 Å². The van der Waals surface area contributed by atoms with Crippen LogP contribution in [-0.4, -0.2) is 38.9 Å². The molecule has 0 aliphatic heterocycles. The SMILES string of the molecule is CCc1nc(C)cc(NCC(=O)[C@@]2(O)CC[C@@H]3[C@@H]4CCC5=CC(=O)CC[C@]5(C)[C@@H]4CC[C@@]32C)c1O. The predicted octanol–water partition coefficient (Wildman–Crippen LogP) is 4.90. The molecule has 5 rings (SSSR count). The van der Waals surface area contributed by atoms with E-state index in [1.165, 1.54) is 5.57 Å². The van der Waals surface area contributed by atoms with Crippen molar-refractivity contribution in [3.8, 4) is 5.75 Å². The number of allylic oxidation sites excluding steroid dienone is 1. The van der Waals surface area contributed by atoms with Gasteiger partial charge in [-0.15, -0.1) is 0 Å². The van der Waals surface area contributed by atoms with Crippen LogP contribution in [0.3, 0.4) is 0 Å². The third-order valence-corrected chi connectivity index (χ3v) is 10.5. The smallest absolute Gasteiger partial charge is 0.183 e. The lowest BCUT2D eigenvalue weighted by Gasteiger charge is -2.58. The lowest BCUT2D eigenvalue weighted by Crippen LogP contribution is -2.58. The van der Waals surface area contributed by atoms with E-state index >= 15 is 0 Å². The van der Waals surface area contributed by atoms with Crippen LogP contribution in [0, 0.1) is 35.5 Å². The highest BCUT2D eigenvalue weighted by atomic mass is 16.3. The molecule has 4 aliphatic carbocycles. The number of aromatic hydroxyl groups is 1. The Kier molecular flexibility index (Phi) is 5.90. The number of Topliss-reactive ketones (excluding diaryl/α,β-unsaturated/α-hetero) is 1. The number of hydrogen-bond acceptors (Lipinski definition) is 6. The zero-order chi connectivity index (χ0) is 25.2. The molecule has 35 heavy (non-hydrogen) atoms. The van der Waals surface area contributed by atoms with Crippen molar-refractivity contribution < 1.29 is 19.8 Å². The van der Waals surface area contributed by atoms with Crippen LogP contribution in [0.15, 0.2) is 17.7 Å². The largest absolute Gasteiger partial charge is 0.504 e. The number of anilines is 1. The van der Waals surface area contributed by atoms with Gasteiger partial charge in [0.15, 0.2) is 17.3 Å². The normalized spacial score (nSPS) is 38.3. The molecule has 6 heteroatoms. The zero-order valence-electron chi connectivity index (χ0n) is 21.6. The van der Waals surface area contributed by atoms with E-state index in [9.17, 15) is 19.8 Å². The molecule has 6 atom stereocenters. The van der Waals surface area contributed by atoms with Crippen LogP contribution >= 0.6 is 0 Å². The lowest BCUT2D eigenvalue weighted by molar-refractivity contribution is -0.160. The lowest BCUT2D eigenvalue weighted by atomic mass is 9.46. The molecule has 1 heterocycles. The van der Waals surface area contributed by atoms with E-state index in [4.69, 9.17) is 0 Å². The monoisotopic (exact) mass is 480 g/mol. The molecule has 0 unspecified atom stereocenters. The van der Waals surface area contributed by atoms with Gasteiger partial charge < -0.3 is 15.5 Å². The van der Waals surface area contributed by atoms with Crippen molar-refractivity contribution in [2.24, 2.45) is 28.6 Å². The molecular weight excluding hydrogens is 440 g/mol. The van der Waals surface area contributed by atoms with Gasteiger partial charge in [-0.2, -0.15) is 0 Å². The molecule has 0 amide bonds. The number of pyridine rings is 1. The highest BCUT2D eigenvalue weighted by molar-refractivity contribution is 5.92. The van der Waals surface area contributed by atoms with Crippen molar-refractivity contribution in [1.29, 1.82) is 0 Å². The van der Waals surface area contributed by atoms with Crippen molar-refractivity contribution in [2.75, 3.05) is 11.9 Å². The summed E-state index contributed by atoms with van der Waals surface area (Å²) < 4.78 is 0. The van der Waals surface area contributed by atoms with Crippen molar-refractivity contribution in [3.63, 3.8) is 0 Å². The number of ketones is 2. The summed E-state index contributed by atoms with van der Waals surface area (Å²) in [4.78, 5) is 30.0. The maximum absolute atomic E-state index is 13.6. The number of nitrogens with one attached hydrogen (secondary N) is 1. The first-order chi connectivity index (χ1) is 16.5. The molecule has 3 saturated carbocycles. The average Bonchev–Trinajstić information content (AvgIpc) is 3.11. The molecule has 3 N–H and O–H groups in total. The van der Waals surface area contributed by atoms with Crippen LogP contribution in [0.1, 0.15) is 83.5 Å². The Labute approximate surface area is 208 Å². The molecule has 1 aromatic rings. The summed E-state index contributed by atoms with van der Waals surface area (Å²) in [6.07, 6.45) is 9.30. The van der Waals surface area contributed by atoms with Gasteiger partial charge >= 0.3 is 0 Å². The minimum absolute atomic E-state index is 0.0141. The number of rotatable bonds is 5. The van der Waals surface area contributed by atoms with Crippen LogP contribution < -0.4 is 5.32 Å². The molecule has 1 aromatic heterocycles. The molecule has 4 aliphatic rings. The molecule has 3 fully saturated rings. The number of carbonyl (C=O) groups excluding carboxylic acids is 2. The van der Waals surface area contributed by atoms with E-state index in [0.29, 0.717) is 48.4 Å². The number of nitrogens with zero attached hydrogens (tertiary/aromatic N) is 1. The van der Waals surface area contributed by atoms with Crippen LogP contribution in [0.2, 0.25) is 0 Å². The Bertz CT molecular complexity index is 1100. The highest BCUT2D eigenvalue weighted by Gasteiger charge is 2.66. The molecule has 0 spiro atoms. The Balaban J connectivity index is 1.35. The summed E-state index contributed by atoms with van der Waals surface area (Å²) in [7, 11) is 0. The van der Waals surface area contributed by atoms with E-state index in [2.05, 4.69) is 24.1 Å². The van der Waals surface area contributed by atoms with Gasteiger partial charge in [-0.25, -0.2) is 0 Å². The quantitative estimate of drug-likeness (QED) is 0.554. The summed E-state index contributed by atoms with van der Waals surface area (Å²) in [5.41, 5.74) is 1.50. The zero-order valence-corrected chi connectivity index (χ0v) is 21.6. The molecular formula is C29H40N2O4. The Morgan fingerprint density at radius 1 is 1.14 bits per heavy atom. The summed E-state index contributed by atoms with van der Waals surface area (Å²) >= 11 is 0. The standard InChI is InChI=1S/C29H40N2O4/c1-5-23-26(34)24(14-17(2)31-23)30-16-25(33)29(35)13-10-22-20-7-6-18-15-19(32)8-11-27(18,3)21(20)9-12-28(22,29)4/h14-15,20-22,34-35H,5-13,16H2,1-4H3,(H,30,31)/t20-,21-,22-,27+,28+,29+/m1/s1. The maximum Gasteiger partial charge on any atom is 0.183 e. The molecule has 0 bridgehead atoms. The number of aliphatic hydroxyl groups is 1. The van der Waals surface area contributed by atoms with Gasteiger partial charge in [-0.1, -0.05) is 26.3 Å². The summed E-state index contributed by atoms with van der Waals surface area (Å²) in [5.74, 6) is 1.49. The molecule has 190 valence electrons. The van der Waals surface area contributed by atoms with Gasteiger partial charge in [0, 0.05) is 17.5 Å². The summed E-state index contributed by atoms with van der Waals surface area (Å²) in [6, 6.07) is 1.75. The Morgan fingerprint density at radius 3 is 2.63 bits per heavy atom. The maximum atomic E-state index is 13.6. The number of aromatic nitrogens is 1. The van der Waals surface area contributed by atoms with E-state index in [1.54, 1.807) is 6.07 Å². The first-order valence-corrected chi connectivity index (χ1v) is 13.5. The third-order valence-electron chi connectivity index (χ3n) is 10.5. The number of carbonyl (C=O) groups is 2. The van der Waals surface area contributed by atoms with Crippen LogP contribution in [0.4, 0.5) is 5.69 Å². The number of aryl methyl sites for hydroxylation is 2. The minimum atomic E-state index is -1.36. The fourth-order valence-electron chi connectivity index (χ4n) is 8.47. The fourth-order valence-corrected chi connectivity index (χ4v) is 8.47. The number of hydrogen-bond donors (Lipinski definition) is 3. The van der Waals surface area contributed by atoms with E-state index in [0.717, 1.165) is 44.2 Å². The van der Waals surface area contributed by atoms with E-state index in [-0.39, 0.29) is 29.3 Å².